The van der Waals surface area contributed by atoms with Crippen molar-refractivity contribution in [1.29, 1.82) is 0 Å². The van der Waals surface area contributed by atoms with Gasteiger partial charge in [-0.15, -0.1) is 0 Å². The van der Waals surface area contributed by atoms with Gasteiger partial charge < -0.3 is 10.2 Å². The summed E-state index contributed by atoms with van der Waals surface area (Å²) < 4.78 is 0. The molecule has 2 atom stereocenters. The summed E-state index contributed by atoms with van der Waals surface area (Å²) in [5.41, 5.74) is 0. The molecule has 6 rings (SSSR count). The van der Waals surface area contributed by atoms with E-state index in [1.165, 1.54) is 31.8 Å². The van der Waals surface area contributed by atoms with Crippen molar-refractivity contribution < 1.29 is 19.8 Å². The average Bonchev–Trinajstić information content (AvgIpc) is 3.20. The Hall–Kier alpha value is -4.18. The summed E-state index contributed by atoms with van der Waals surface area (Å²) in [4.78, 5) is 20.1. The zero-order valence-electron chi connectivity index (χ0n) is 28.2. The van der Waals surface area contributed by atoms with Crippen LogP contribution in [0.4, 0.5) is 0 Å². The van der Waals surface area contributed by atoms with Crippen molar-refractivity contribution in [1.82, 2.24) is 0 Å². The van der Waals surface area contributed by atoms with Crippen LogP contribution in [0.5, 0.6) is 0 Å². The van der Waals surface area contributed by atoms with E-state index in [9.17, 15) is 9.59 Å². The molecule has 0 aliphatic rings. The molecule has 0 fully saturated rings. The molecular formula is C43H44O4P2S2. The van der Waals surface area contributed by atoms with Crippen molar-refractivity contribution in [3.63, 3.8) is 0 Å². The molecule has 0 heterocycles. The normalized spacial score (nSPS) is 13.1. The Kier molecular flexibility index (Phi) is 13.7. The van der Waals surface area contributed by atoms with Gasteiger partial charge in [-0.25, -0.2) is 0 Å². The van der Waals surface area contributed by atoms with Crippen molar-refractivity contribution in [2.24, 2.45) is 0 Å². The average molecular weight is 751 g/mol. The molecule has 0 aromatic heterocycles. The summed E-state index contributed by atoms with van der Waals surface area (Å²) in [7, 11) is -4.61. The fraction of sp³-hybridized carbons (Fsp3) is 0.116. The quantitative estimate of drug-likeness (QED) is 0.0796. The molecule has 51 heavy (non-hydrogen) atoms. The van der Waals surface area contributed by atoms with Gasteiger partial charge in [0.1, 0.15) is 10.5 Å². The van der Waals surface area contributed by atoms with Gasteiger partial charge in [0.25, 0.3) is 0 Å². The number of carboxylic acids is 2. The number of aliphatic carboxylic acids is 2. The molecule has 0 amide bonds. The van der Waals surface area contributed by atoms with Crippen LogP contribution in [0.1, 0.15) is 6.42 Å². The Morgan fingerprint density at radius 1 is 0.392 bits per heavy atom. The molecular weight excluding hydrogens is 707 g/mol. The summed E-state index contributed by atoms with van der Waals surface area (Å²) in [6.45, 7) is 0. The third-order valence-electron chi connectivity index (χ3n) is 9.51. The van der Waals surface area contributed by atoms with Gasteiger partial charge in [-0.05, 0) is 0 Å². The molecule has 0 saturated carbocycles. The molecule has 8 heteroatoms. The van der Waals surface area contributed by atoms with Crippen LogP contribution in [0.15, 0.2) is 182 Å². The SMILES string of the molecule is O=C(O)C(S)C(S)C(=O)O.c1ccc([PH](CCC[PH](c2ccccc2)(c2ccccc2)c2ccccc2)(c2ccccc2)c2ccccc2)cc1. The van der Waals surface area contributed by atoms with Gasteiger partial charge in [-0.3, -0.25) is 9.59 Å². The Morgan fingerprint density at radius 3 is 0.725 bits per heavy atom. The van der Waals surface area contributed by atoms with E-state index in [2.05, 4.69) is 207 Å². The summed E-state index contributed by atoms with van der Waals surface area (Å²) >= 11 is 7.00. The Morgan fingerprint density at radius 2 is 0.569 bits per heavy atom. The molecule has 2 N–H and O–H groups in total. The first-order valence-corrected chi connectivity index (χ1v) is 22.4. The predicted molar refractivity (Wildman–Crippen MR) is 228 cm³/mol. The first-order valence-electron chi connectivity index (χ1n) is 17.0. The molecule has 6 aromatic rings. The minimum absolute atomic E-state index is 1.15. The van der Waals surface area contributed by atoms with E-state index in [0.29, 0.717) is 0 Å². The fourth-order valence-corrected chi connectivity index (χ4v) is 17.4. The zero-order valence-corrected chi connectivity index (χ0v) is 32.0. The molecule has 0 radical (unpaired) electrons. The maximum atomic E-state index is 10.1. The Bertz CT molecular complexity index is 1610. The minimum atomic E-state index is -2.30. The monoisotopic (exact) mass is 750 g/mol. The van der Waals surface area contributed by atoms with Crippen LogP contribution in [0.2, 0.25) is 0 Å². The predicted octanol–water partition coefficient (Wildman–Crippen LogP) is 6.58. The molecule has 0 aliphatic carbocycles. The Labute approximate surface area is 313 Å². The second kappa shape index (κ2) is 18.4. The summed E-state index contributed by atoms with van der Waals surface area (Å²) in [6, 6.07) is 68.1. The molecule has 2 unspecified atom stereocenters. The van der Waals surface area contributed by atoms with E-state index < -0.39 is 37.0 Å². The molecule has 0 spiro atoms. The molecule has 0 aliphatic heterocycles. The van der Waals surface area contributed by atoms with Crippen molar-refractivity contribution in [2.45, 2.75) is 16.9 Å². The maximum absolute atomic E-state index is 10.1. The van der Waals surface area contributed by atoms with Crippen LogP contribution in [-0.4, -0.2) is 45.0 Å². The number of benzene rings is 6. The third-order valence-corrected chi connectivity index (χ3v) is 20.9. The van der Waals surface area contributed by atoms with E-state index in [-0.39, 0.29) is 0 Å². The summed E-state index contributed by atoms with van der Waals surface area (Å²) in [5.74, 6) is -2.57. The molecule has 6 aromatic carbocycles. The fourth-order valence-electron chi connectivity index (χ4n) is 7.09. The van der Waals surface area contributed by atoms with Gasteiger partial charge in [0.05, 0.1) is 0 Å². The van der Waals surface area contributed by atoms with Gasteiger partial charge >= 0.3 is 259 Å². The van der Waals surface area contributed by atoms with Gasteiger partial charge in [-0.1, -0.05) is 0 Å². The molecule has 262 valence electrons. The van der Waals surface area contributed by atoms with Crippen molar-refractivity contribution >= 4 is 83.5 Å². The van der Waals surface area contributed by atoms with Crippen LogP contribution in [0, 0.1) is 0 Å². The standard InChI is InChI=1S/C39H38P2.C4H6O4S2/c1-7-20-34(21-8-1)40(35-22-9-2-10-23-35,36-24-11-3-12-25-36)32-19-33-41(37-26-13-4-14-27-37,38-28-15-5-16-29-38)39-30-17-6-18-31-39;5-3(6)1(9)2(10)4(7)8/h1-18,20-31,40-41H,19,32-33H2;1-2,9-10H,(H,5,6)(H,7,8). The van der Waals surface area contributed by atoms with Gasteiger partial charge in [0.15, 0.2) is 0 Å². The van der Waals surface area contributed by atoms with E-state index in [0.717, 1.165) is 18.7 Å². The van der Waals surface area contributed by atoms with Crippen LogP contribution in [0.25, 0.3) is 0 Å². The molecule has 0 bridgehead atoms. The van der Waals surface area contributed by atoms with Crippen LogP contribution >= 0.6 is 39.8 Å². The first-order chi connectivity index (χ1) is 24.8. The summed E-state index contributed by atoms with van der Waals surface area (Å²) in [6.07, 6.45) is 3.47. The second-order valence-electron chi connectivity index (χ2n) is 12.4. The number of hydrogen-bond acceptors (Lipinski definition) is 4. The summed E-state index contributed by atoms with van der Waals surface area (Å²) in [5, 5.41) is 22.8. The van der Waals surface area contributed by atoms with Gasteiger partial charge in [-0.2, -0.15) is 25.3 Å². The topological polar surface area (TPSA) is 74.6 Å². The van der Waals surface area contributed by atoms with E-state index >= 15 is 0 Å². The number of carboxylic acid groups (broad SMARTS) is 2. The van der Waals surface area contributed by atoms with Crippen LogP contribution < -0.4 is 31.8 Å². The van der Waals surface area contributed by atoms with Crippen LogP contribution in [0.3, 0.4) is 0 Å². The van der Waals surface area contributed by atoms with Crippen molar-refractivity contribution in [3.05, 3.63) is 182 Å². The molecule has 0 saturated heterocycles. The number of thiol groups is 2. The Balaban J connectivity index is 0.000000442. The zero-order chi connectivity index (χ0) is 36.1. The van der Waals surface area contributed by atoms with Crippen molar-refractivity contribution in [3.8, 4) is 0 Å². The van der Waals surface area contributed by atoms with E-state index in [1.54, 1.807) is 0 Å². The third kappa shape index (κ3) is 8.83. The van der Waals surface area contributed by atoms with Crippen LogP contribution in [-0.2, 0) is 9.59 Å². The number of carbonyl (C=O) groups is 2. The number of rotatable bonds is 13. The van der Waals surface area contributed by atoms with Crippen molar-refractivity contribution in [2.75, 3.05) is 12.3 Å². The molecule has 4 nitrogen and oxygen atoms in total. The second-order valence-corrected chi connectivity index (χ2v) is 21.6. The number of hydrogen-bond donors (Lipinski definition) is 4. The van der Waals surface area contributed by atoms with Gasteiger partial charge in [0.2, 0.25) is 0 Å². The van der Waals surface area contributed by atoms with Gasteiger partial charge in [0, 0.05) is 0 Å². The van der Waals surface area contributed by atoms with E-state index in [1.807, 2.05) is 0 Å². The first kappa shape index (κ1) is 38.1. The van der Waals surface area contributed by atoms with E-state index in [4.69, 9.17) is 10.2 Å².